The normalized spacial score (nSPS) is 22.4. The minimum Gasteiger partial charge on any atom is -0.303 e. The van der Waals surface area contributed by atoms with Crippen molar-refractivity contribution in [2.24, 2.45) is 0 Å². The van der Waals surface area contributed by atoms with Crippen molar-refractivity contribution in [1.29, 1.82) is 0 Å². The first-order valence-electron chi connectivity index (χ1n) is 5.56. The summed E-state index contributed by atoms with van der Waals surface area (Å²) in [5.41, 5.74) is 0. The zero-order valence-electron chi connectivity index (χ0n) is 9.36. The number of likely N-dealkylation sites (N-methyl/N-ethyl adjacent to an activating group) is 1. The lowest BCUT2D eigenvalue weighted by Crippen LogP contribution is -2.29. The van der Waals surface area contributed by atoms with Gasteiger partial charge in [0.1, 0.15) is 5.82 Å². The number of hydrogen-bond donors (Lipinski definition) is 1. The zero-order valence-corrected chi connectivity index (χ0v) is 10.2. The molecule has 0 aliphatic carbocycles. The maximum atomic E-state index is 5.24. The lowest BCUT2D eigenvalue weighted by Gasteiger charge is -2.20. The summed E-state index contributed by atoms with van der Waals surface area (Å²) in [7, 11) is 2.19. The summed E-state index contributed by atoms with van der Waals surface area (Å²) in [6.07, 6.45) is 3.50. The van der Waals surface area contributed by atoms with Gasteiger partial charge in [0.25, 0.3) is 0 Å². The highest BCUT2D eigenvalue weighted by Crippen LogP contribution is 2.17. The van der Waals surface area contributed by atoms with Crippen LogP contribution in [0.1, 0.15) is 25.6 Å². The molecular formula is C10H18N4S. The van der Waals surface area contributed by atoms with Crippen LogP contribution in [0, 0.1) is 4.77 Å². The van der Waals surface area contributed by atoms with E-state index in [1.54, 1.807) is 0 Å². The van der Waals surface area contributed by atoms with Gasteiger partial charge in [-0.15, -0.1) is 0 Å². The van der Waals surface area contributed by atoms with Gasteiger partial charge in [-0.05, 0) is 38.7 Å². The van der Waals surface area contributed by atoms with Crippen molar-refractivity contribution in [2.45, 2.75) is 38.8 Å². The van der Waals surface area contributed by atoms with Gasteiger partial charge >= 0.3 is 0 Å². The third-order valence-electron chi connectivity index (χ3n) is 3.22. The number of likely N-dealkylation sites (tertiary alicyclic amines) is 1. The maximum absolute atomic E-state index is 5.24. The Morgan fingerprint density at radius 2 is 2.40 bits per heavy atom. The van der Waals surface area contributed by atoms with Crippen LogP contribution >= 0.6 is 12.2 Å². The first kappa shape index (κ1) is 10.8. The molecule has 1 aromatic heterocycles. The fourth-order valence-electron chi connectivity index (χ4n) is 2.23. The van der Waals surface area contributed by atoms with Crippen molar-refractivity contribution in [3.63, 3.8) is 0 Å². The van der Waals surface area contributed by atoms with Gasteiger partial charge in [-0.1, -0.05) is 6.92 Å². The monoisotopic (exact) mass is 226 g/mol. The van der Waals surface area contributed by atoms with E-state index in [2.05, 4.69) is 33.6 Å². The van der Waals surface area contributed by atoms with Gasteiger partial charge in [0.2, 0.25) is 0 Å². The second kappa shape index (κ2) is 4.45. The molecule has 1 atom stereocenters. The summed E-state index contributed by atoms with van der Waals surface area (Å²) in [5.74, 6) is 1.07. The molecule has 0 bridgehead atoms. The molecule has 1 fully saturated rings. The summed E-state index contributed by atoms with van der Waals surface area (Å²) in [4.78, 5) is 2.41. The minimum absolute atomic E-state index is 0.625. The van der Waals surface area contributed by atoms with Gasteiger partial charge in [0.05, 0.1) is 0 Å². The van der Waals surface area contributed by atoms with Gasteiger partial charge in [0.15, 0.2) is 4.77 Å². The number of hydrogen-bond acceptors (Lipinski definition) is 3. The van der Waals surface area contributed by atoms with E-state index in [1.165, 1.54) is 19.4 Å². The number of aromatic amines is 1. The SMILES string of the molecule is CCc1n[nH]c(=S)n1CC1CCCN1C. The van der Waals surface area contributed by atoms with Gasteiger partial charge in [-0.2, -0.15) is 5.10 Å². The number of rotatable bonds is 3. The Bertz CT molecular complexity index is 381. The van der Waals surface area contributed by atoms with E-state index in [0.717, 1.165) is 23.6 Å². The molecule has 1 saturated heterocycles. The molecule has 1 aromatic rings. The number of nitrogens with one attached hydrogen (secondary N) is 1. The predicted octanol–water partition coefficient (Wildman–Crippen LogP) is 1.60. The minimum atomic E-state index is 0.625. The van der Waals surface area contributed by atoms with Crippen LogP contribution in [0.3, 0.4) is 0 Å². The van der Waals surface area contributed by atoms with E-state index in [1.807, 2.05) is 0 Å². The van der Waals surface area contributed by atoms with Crippen LogP contribution in [0.2, 0.25) is 0 Å². The summed E-state index contributed by atoms with van der Waals surface area (Å²) in [6.45, 7) is 4.30. The highest BCUT2D eigenvalue weighted by molar-refractivity contribution is 7.71. The molecule has 0 spiro atoms. The van der Waals surface area contributed by atoms with Crippen LogP contribution in [0.25, 0.3) is 0 Å². The number of nitrogens with zero attached hydrogens (tertiary/aromatic N) is 3. The van der Waals surface area contributed by atoms with Crippen molar-refractivity contribution in [3.8, 4) is 0 Å². The van der Waals surface area contributed by atoms with E-state index in [0.29, 0.717) is 6.04 Å². The lowest BCUT2D eigenvalue weighted by molar-refractivity contribution is 0.279. The van der Waals surface area contributed by atoms with E-state index >= 15 is 0 Å². The third-order valence-corrected chi connectivity index (χ3v) is 3.53. The Hall–Kier alpha value is -0.680. The molecule has 5 heteroatoms. The molecule has 2 rings (SSSR count). The molecule has 1 aliphatic rings. The largest absolute Gasteiger partial charge is 0.303 e. The fraction of sp³-hybridized carbons (Fsp3) is 0.800. The number of aryl methyl sites for hydroxylation is 1. The zero-order chi connectivity index (χ0) is 10.8. The van der Waals surface area contributed by atoms with Gasteiger partial charge in [-0.3, -0.25) is 5.10 Å². The quantitative estimate of drug-likeness (QED) is 0.795. The van der Waals surface area contributed by atoms with Crippen LogP contribution in [-0.4, -0.2) is 39.3 Å². The van der Waals surface area contributed by atoms with Crippen LogP contribution in [0.15, 0.2) is 0 Å². The summed E-state index contributed by atoms with van der Waals surface area (Å²) in [6, 6.07) is 0.625. The fourth-order valence-corrected chi connectivity index (χ4v) is 2.45. The highest BCUT2D eigenvalue weighted by Gasteiger charge is 2.22. The molecule has 1 N–H and O–H groups in total. The smallest absolute Gasteiger partial charge is 0.195 e. The van der Waals surface area contributed by atoms with Crippen LogP contribution in [0.5, 0.6) is 0 Å². The lowest BCUT2D eigenvalue weighted by atomic mass is 10.2. The molecule has 0 radical (unpaired) electrons. The Balaban J connectivity index is 2.15. The number of H-pyrrole nitrogens is 1. The average molecular weight is 226 g/mol. The molecule has 0 aromatic carbocycles. The van der Waals surface area contributed by atoms with Crippen molar-refractivity contribution in [1.82, 2.24) is 19.7 Å². The van der Waals surface area contributed by atoms with E-state index in [-0.39, 0.29) is 0 Å². The molecule has 15 heavy (non-hydrogen) atoms. The first-order chi connectivity index (χ1) is 7.22. The number of aromatic nitrogens is 3. The Morgan fingerprint density at radius 3 is 3.00 bits per heavy atom. The molecule has 4 nitrogen and oxygen atoms in total. The van der Waals surface area contributed by atoms with E-state index in [9.17, 15) is 0 Å². The van der Waals surface area contributed by atoms with Gasteiger partial charge in [0, 0.05) is 19.0 Å². The molecule has 0 amide bonds. The molecule has 0 saturated carbocycles. The van der Waals surface area contributed by atoms with Crippen molar-refractivity contribution in [2.75, 3.05) is 13.6 Å². The van der Waals surface area contributed by atoms with Crippen molar-refractivity contribution < 1.29 is 0 Å². The molecular weight excluding hydrogens is 208 g/mol. The van der Waals surface area contributed by atoms with Gasteiger partial charge in [-0.25, -0.2) is 0 Å². The van der Waals surface area contributed by atoms with Gasteiger partial charge < -0.3 is 9.47 Å². The Labute approximate surface area is 95.3 Å². The second-order valence-electron chi connectivity index (χ2n) is 4.19. The molecule has 1 aliphatic heterocycles. The summed E-state index contributed by atoms with van der Waals surface area (Å²) >= 11 is 5.24. The van der Waals surface area contributed by atoms with E-state index < -0.39 is 0 Å². The van der Waals surface area contributed by atoms with Crippen LogP contribution < -0.4 is 0 Å². The van der Waals surface area contributed by atoms with Crippen LogP contribution in [-0.2, 0) is 13.0 Å². The Kier molecular flexibility index (Phi) is 3.21. The van der Waals surface area contributed by atoms with E-state index in [4.69, 9.17) is 12.2 Å². The van der Waals surface area contributed by atoms with Crippen molar-refractivity contribution >= 4 is 12.2 Å². The summed E-state index contributed by atoms with van der Waals surface area (Å²) in [5, 5.41) is 7.10. The standard InChI is InChI=1S/C10H18N4S/c1-3-9-11-12-10(15)14(9)7-8-5-4-6-13(8)2/h8H,3-7H2,1-2H3,(H,12,15). The maximum Gasteiger partial charge on any atom is 0.195 e. The summed E-state index contributed by atoms with van der Waals surface area (Å²) < 4.78 is 2.90. The molecule has 2 heterocycles. The molecule has 1 unspecified atom stereocenters. The molecule has 84 valence electrons. The first-order valence-corrected chi connectivity index (χ1v) is 5.97. The topological polar surface area (TPSA) is 36.9 Å². The Morgan fingerprint density at radius 1 is 1.60 bits per heavy atom. The third kappa shape index (κ3) is 2.13. The predicted molar refractivity (Wildman–Crippen MR) is 62.4 cm³/mol. The average Bonchev–Trinajstić information content (AvgIpc) is 2.77. The van der Waals surface area contributed by atoms with Crippen LogP contribution in [0.4, 0.5) is 0 Å². The van der Waals surface area contributed by atoms with Crippen molar-refractivity contribution in [3.05, 3.63) is 10.6 Å². The second-order valence-corrected chi connectivity index (χ2v) is 4.57. The highest BCUT2D eigenvalue weighted by atomic mass is 32.1.